The largest absolute Gasteiger partial charge is 0.466 e. The first-order valence-corrected chi connectivity index (χ1v) is 8.39. The molecule has 5 heteroatoms. The fourth-order valence-corrected chi connectivity index (χ4v) is 4.07. The van der Waals surface area contributed by atoms with E-state index in [4.69, 9.17) is 4.42 Å². The maximum Gasteiger partial charge on any atom is 0.225 e. The van der Waals surface area contributed by atoms with Crippen molar-refractivity contribution in [2.24, 2.45) is 0 Å². The molecule has 114 valence electrons. The van der Waals surface area contributed by atoms with Gasteiger partial charge in [-0.05, 0) is 50.3 Å². The molecule has 0 aliphatic heterocycles. The molecule has 0 spiro atoms. The topological polar surface area (TPSA) is 66.0 Å². The number of nitrogens with one attached hydrogen (secondary N) is 1. The molecular formula is C17H18N2O2S. The highest BCUT2D eigenvalue weighted by Gasteiger charge is 2.21. The minimum atomic E-state index is -0.0656. The lowest BCUT2D eigenvalue weighted by molar-refractivity contribution is -0.116. The average Bonchev–Trinajstić information content (AvgIpc) is 3.08. The predicted octanol–water partition coefficient (Wildman–Crippen LogP) is 3.97. The van der Waals surface area contributed by atoms with Gasteiger partial charge in [0.25, 0.3) is 0 Å². The maximum absolute atomic E-state index is 12.1. The van der Waals surface area contributed by atoms with Crippen LogP contribution in [0, 0.1) is 18.3 Å². The fraction of sp³-hybridized carbons (Fsp3) is 0.412. The first-order valence-electron chi connectivity index (χ1n) is 7.57. The van der Waals surface area contributed by atoms with Crippen LogP contribution in [0.2, 0.25) is 0 Å². The monoisotopic (exact) mass is 314 g/mol. The zero-order valence-corrected chi connectivity index (χ0v) is 13.4. The van der Waals surface area contributed by atoms with E-state index in [-0.39, 0.29) is 5.91 Å². The number of furan rings is 1. The zero-order valence-electron chi connectivity index (χ0n) is 12.6. The predicted molar refractivity (Wildman–Crippen MR) is 86.1 cm³/mol. The SMILES string of the molecule is Cc1ccc(CCC(=O)Nc2sc3c(c2C#N)CCCC3)o1. The van der Waals surface area contributed by atoms with Crippen LogP contribution in [0.5, 0.6) is 0 Å². The molecule has 22 heavy (non-hydrogen) atoms. The first-order chi connectivity index (χ1) is 10.7. The molecule has 1 aliphatic rings. The molecule has 0 atom stereocenters. The van der Waals surface area contributed by atoms with Crippen molar-refractivity contribution in [3.05, 3.63) is 39.7 Å². The van der Waals surface area contributed by atoms with Gasteiger partial charge >= 0.3 is 0 Å². The van der Waals surface area contributed by atoms with E-state index in [1.54, 1.807) is 11.3 Å². The zero-order chi connectivity index (χ0) is 15.5. The van der Waals surface area contributed by atoms with Gasteiger partial charge in [-0.25, -0.2) is 0 Å². The highest BCUT2D eigenvalue weighted by Crippen LogP contribution is 2.37. The lowest BCUT2D eigenvalue weighted by Crippen LogP contribution is -2.12. The number of thiophene rings is 1. The minimum absolute atomic E-state index is 0.0656. The summed E-state index contributed by atoms with van der Waals surface area (Å²) in [5.74, 6) is 1.61. The third-order valence-electron chi connectivity index (χ3n) is 3.93. The van der Waals surface area contributed by atoms with Gasteiger partial charge in [0, 0.05) is 17.7 Å². The summed E-state index contributed by atoms with van der Waals surface area (Å²) in [4.78, 5) is 13.4. The summed E-state index contributed by atoms with van der Waals surface area (Å²) >= 11 is 1.56. The molecule has 0 aromatic carbocycles. The van der Waals surface area contributed by atoms with Gasteiger partial charge in [0.05, 0.1) is 5.56 Å². The minimum Gasteiger partial charge on any atom is -0.466 e. The number of rotatable bonds is 4. The summed E-state index contributed by atoms with van der Waals surface area (Å²) in [6, 6.07) is 6.06. The molecule has 0 fully saturated rings. The lowest BCUT2D eigenvalue weighted by atomic mass is 9.96. The second-order valence-electron chi connectivity index (χ2n) is 5.59. The molecule has 4 nitrogen and oxygen atoms in total. The average molecular weight is 314 g/mol. The van der Waals surface area contributed by atoms with Gasteiger partial charge in [0.2, 0.25) is 5.91 Å². The molecule has 0 saturated heterocycles. The van der Waals surface area contributed by atoms with Crippen molar-refractivity contribution in [2.75, 3.05) is 5.32 Å². The molecule has 2 heterocycles. The molecule has 1 N–H and O–H groups in total. The Kier molecular flexibility index (Phi) is 4.30. The van der Waals surface area contributed by atoms with Crippen molar-refractivity contribution in [3.63, 3.8) is 0 Å². The maximum atomic E-state index is 12.1. The van der Waals surface area contributed by atoms with E-state index in [1.165, 1.54) is 11.3 Å². The Morgan fingerprint density at radius 1 is 1.41 bits per heavy atom. The van der Waals surface area contributed by atoms with Crippen LogP contribution in [0.3, 0.4) is 0 Å². The van der Waals surface area contributed by atoms with Crippen LogP contribution in [0.1, 0.15) is 46.8 Å². The van der Waals surface area contributed by atoms with Crippen LogP contribution in [0.15, 0.2) is 16.5 Å². The summed E-state index contributed by atoms with van der Waals surface area (Å²) in [6.07, 6.45) is 5.22. The van der Waals surface area contributed by atoms with Gasteiger partial charge in [0.15, 0.2) is 0 Å². The number of amides is 1. The molecule has 0 bridgehead atoms. The van der Waals surface area contributed by atoms with E-state index in [2.05, 4.69) is 11.4 Å². The van der Waals surface area contributed by atoms with E-state index in [0.717, 1.165) is 41.3 Å². The van der Waals surface area contributed by atoms with Crippen molar-refractivity contribution in [1.29, 1.82) is 5.26 Å². The Balaban J connectivity index is 1.66. The Morgan fingerprint density at radius 3 is 2.95 bits per heavy atom. The summed E-state index contributed by atoms with van der Waals surface area (Å²) in [5, 5.41) is 13.0. The van der Waals surface area contributed by atoms with E-state index in [0.29, 0.717) is 18.4 Å². The highest BCUT2D eigenvalue weighted by molar-refractivity contribution is 7.16. The van der Waals surface area contributed by atoms with Crippen LogP contribution in [0.25, 0.3) is 0 Å². The van der Waals surface area contributed by atoms with Crippen molar-refractivity contribution < 1.29 is 9.21 Å². The summed E-state index contributed by atoms with van der Waals surface area (Å²) in [5.41, 5.74) is 1.82. The molecule has 1 aliphatic carbocycles. The van der Waals surface area contributed by atoms with Crippen LogP contribution < -0.4 is 5.32 Å². The van der Waals surface area contributed by atoms with Gasteiger partial charge in [-0.15, -0.1) is 11.3 Å². The van der Waals surface area contributed by atoms with Crippen LogP contribution in [-0.4, -0.2) is 5.91 Å². The van der Waals surface area contributed by atoms with Crippen LogP contribution >= 0.6 is 11.3 Å². The molecular weight excluding hydrogens is 296 g/mol. The van der Waals surface area contributed by atoms with Crippen LogP contribution in [0.4, 0.5) is 5.00 Å². The van der Waals surface area contributed by atoms with Crippen molar-refractivity contribution in [3.8, 4) is 6.07 Å². The Morgan fingerprint density at radius 2 is 2.23 bits per heavy atom. The number of anilines is 1. The van der Waals surface area contributed by atoms with E-state index < -0.39 is 0 Å². The first kappa shape index (κ1) is 14.9. The van der Waals surface area contributed by atoms with Gasteiger partial charge in [0.1, 0.15) is 22.6 Å². The van der Waals surface area contributed by atoms with E-state index in [1.807, 2.05) is 19.1 Å². The van der Waals surface area contributed by atoms with E-state index >= 15 is 0 Å². The number of hydrogen-bond acceptors (Lipinski definition) is 4. The quantitative estimate of drug-likeness (QED) is 0.928. The third kappa shape index (κ3) is 3.07. The number of hydrogen-bond donors (Lipinski definition) is 1. The Labute approximate surface area is 133 Å². The van der Waals surface area contributed by atoms with Gasteiger partial charge in [-0.3, -0.25) is 4.79 Å². The second-order valence-corrected chi connectivity index (χ2v) is 6.69. The van der Waals surface area contributed by atoms with Gasteiger partial charge in [-0.2, -0.15) is 5.26 Å². The van der Waals surface area contributed by atoms with Crippen molar-refractivity contribution in [2.45, 2.75) is 45.4 Å². The number of fused-ring (bicyclic) bond motifs is 1. The smallest absolute Gasteiger partial charge is 0.225 e. The Bertz CT molecular complexity index is 736. The number of nitriles is 1. The molecule has 3 rings (SSSR count). The van der Waals surface area contributed by atoms with Crippen molar-refractivity contribution >= 4 is 22.2 Å². The number of carbonyl (C=O) groups is 1. The van der Waals surface area contributed by atoms with Gasteiger partial charge in [-0.1, -0.05) is 0 Å². The number of aryl methyl sites for hydroxylation is 3. The third-order valence-corrected chi connectivity index (χ3v) is 5.14. The summed E-state index contributed by atoms with van der Waals surface area (Å²) in [7, 11) is 0. The molecule has 1 amide bonds. The number of nitrogens with zero attached hydrogens (tertiary/aromatic N) is 1. The standard InChI is InChI=1S/C17H18N2O2S/c1-11-6-7-12(21-11)8-9-16(20)19-17-14(10-18)13-4-2-3-5-15(13)22-17/h6-7H,2-5,8-9H2,1H3,(H,19,20). The molecule has 0 unspecified atom stereocenters. The highest BCUT2D eigenvalue weighted by atomic mass is 32.1. The number of carbonyl (C=O) groups excluding carboxylic acids is 1. The Hall–Kier alpha value is -2.06. The van der Waals surface area contributed by atoms with Crippen molar-refractivity contribution in [1.82, 2.24) is 0 Å². The molecule has 2 aromatic rings. The second kappa shape index (κ2) is 6.37. The summed E-state index contributed by atoms with van der Waals surface area (Å²) < 4.78 is 5.47. The fourth-order valence-electron chi connectivity index (χ4n) is 2.82. The van der Waals surface area contributed by atoms with Crippen LogP contribution in [-0.2, 0) is 24.1 Å². The van der Waals surface area contributed by atoms with Gasteiger partial charge < -0.3 is 9.73 Å². The molecule has 0 saturated carbocycles. The van der Waals surface area contributed by atoms with E-state index in [9.17, 15) is 10.1 Å². The normalized spacial score (nSPS) is 13.5. The summed E-state index contributed by atoms with van der Waals surface area (Å²) in [6.45, 7) is 1.89. The molecule has 2 aromatic heterocycles. The molecule has 0 radical (unpaired) electrons. The lowest BCUT2D eigenvalue weighted by Gasteiger charge is -2.09.